The van der Waals surface area contributed by atoms with Gasteiger partial charge in [0, 0.05) is 5.92 Å². The highest BCUT2D eigenvalue weighted by atomic mass is 16.6. The molecule has 0 aromatic heterocycles. The number of hydrogen-bond acceptors (Lipinski definition) is 5. The van der Waals surface area contributed by atoms with Crippen molar-refractivity contribution >= 4 is 18.2 Å². The van der Waals surface area contributed by atoms with Gasteiger partial charge in [0.1, 0.15) is 6.29 Å². The Hall–Kier alpha value is -1.39. The van der Waals surface area contributed by atoms with Crippen molar-refractivity contribution in [2.75, 3.05) is 13.2 Å². The fraction of sp³-hybridized carbons (Fsp3) is 0.727. The second-order valence-electron chi connectivity index (χ2n) is 3.76. The first kappa shape index (κ1) is 12.7. The first-order valence-electron chi connectivity index (χ1n) is 5.37. The number of rotatable bonds is 5. The van der Waals surface area contributed by atoms with E-state index in [2.05, 4.69) is 0 Å². The lowest BCUT2D eigenvalue weighted by atomic mass is 10.0. The quantitative estimate of drug-likeness (QED) is 0.391. The average molecular weight is 228 g/mol. The maximum Gasteiger partial charge on any atom is 0.324 e. The number of hydrogen-bond donors (Lipinski definition) is 0. The number of esters is 2. The van der Waals surface area contributed by atoms with Crippen LogP contribution in [0.2, 0.25) is 0 Å². The molecule has 0 amide bonds. The molecule has 2 atom stereocenters. The largest absolute Gasteiger partial charge is 0.465 e. The summed E-state index contributed by atoms with van der Waals surface area (Å²) in [4.78, 5) is 34.3. The Labute approximate surface area is 94.1 Å². The number of ether oxygens (including phenoxy) is 2. The summed E-state index contributed by atoms with van der Waals surface area (Å²) >= 11 is 0. The molecule has 5 nitrogen and oxygen atoms in total. The SMILES string of the molecule is CCOC(=O)C1(C(=O)OCC)[C@@H](C)[C@@H]1C=O. The standard InChI is InChI=1S/C11H16O5/c1-4-15-9(13)11(10(14)16-5-2)7(3)8(11)6-12/h6-8H,4-5H2,1-3H3/t7-,8-/m0/s1. The van der Waals surface area contributed by atoms with E-state index in [9.17, 15) is 14.4 Å². The fourth-order valence-electron chi connectivity index (χ4n) is 2.05. The van der Waals surface area contributed by atoms with E-state index >= 15 is 0 Å². The lowest BCUT2D eigenvalue weighted by molar-refractivity contribution is -0.166. The molecule has 0 unspecified atom stereocenters. The number of carbonyl (C=O) groups excluding carboxylic acids is 3. The summed E-state index contributed by atoms with van der Waals surface area (Å²) in [6, 6.07) is 0. The van der Waals surface area contributed by atoms with Gasteiger partial charge in [-0.25, -0.2) is 0 Å². The van der Waals surface area contributed by atoms with Crippen molar-refractivity contribution in [2.24, 2.45) is 17.3 Å². The van der Waals surface area contributed by atoms with E-state index in [1.54, 1.807) is 20.8 Å². The van der Waals surface area contributed by atoms with Crippen molar-refractivity contribution in [3.63, 3.8) is 0 Å². The van der Waals surface area contributed by atoms with Crippen LogP contribution in [0, 0.1) is 17.3 Å². The third-order valence-electron chi connectivity index (χ3n) is 3.05. The average Bonchev–Trinajstić information content (AvgIpc) is 2.85. The number of aldehydes is 1. The van der Waals surface area contributed by atoms with Gasteiger partial charge >= 0.3 is 11.9 Å². The van der Waals surface area contributed by atoms with Gasteiger partial charge in [0.15, 0.2) is 5.41 Å². The van der Waals surface area contributed by atoms with Crippen LogP contribution in [0.25, 0.3) is 0 Å². The molecule has 0 aromatic carbocycles. The Morgan fingerprint density at radius 2 is 1.62 bits per heavy atom. The summed E-state index contributed by atoms with van der Waals surface area (Å²) in [6.45, 7) is 5.34. The highest BCUT2D eigenvalue weighted by molar-refractivity contribution is 6.07. The van der Waals surface area contributed by atoms with Gasteiger partial charge in [-0.1, -0.05) is 6.92 Å². The van der Waals surface area contributed by atoms with E-state index in [1.807, 2.05) is 0 Å². The van der Waals surface area contributed by atoms with Crippen molar-refractivity contribution in [2.45, 2.75) is 20.8 Å². The van der Waals surface area contributed by atoms with Gasteiger partial charge in [-0.3, -0.25) is 9.59 Å². The van der Waals surface area contributed by atoms with E-state index < -0.39 is 23.3 Å². The molecule has 1 saturated carbocycles. The lowest BCUT2D eigenvalue weighted by Gasteiger charge is -2.13. The van der Waals surface area contributed by atoms with Crippen molar-refractivity contribution < 1.29 is 23.9 Å². The van der Waals surface area contributed by atoms with Crippen LogP contribution in [-0.4, -0.2) is 31.4 Å². The van der Waals surface area contributed by atoms with Gasteiger partial charge in [0.05, 0.1) is 13.2 Å². The van der Waals surface area contributed by atoms with E-state index in [4.69, 9.17) is 9.47 Å². The van der Waals surface area contributed by atoms with Gasteiger partial charge in [-0.05, 0) is 19.8 Å². The molecule has 1 fully saturated rings. The van der Waals surface area contributed by atoms with Crippen LogP contribution >= 0.6 is 0 Å². The summed E-state index contributed by atoms with van der Waals surface area (Å²) in [6.07, 6.45) is 0.624. The van der Waals surface area contributed by atoms with Gasteiger partial charge in [-0.15, -0.1) is 0 Å². The molecule has 0 aliphatic heterocycles. The number of carbonyl (C=O) groups is 3. The van der Waals surface area contributed by atoms with Gasteiger partial charge in [-0.2, -0.15) is 0 Å². The zero-order valence-corrected chi connectivity index (χ0v) is 9.69. The van der Waals surface area contributed by atoms with E-state index in [-0.39, 0.29) is 19.1 Å². The second kappa shape index (κ2) is 4.63. The second-order valence-corrected chi connectivity index (χ2v) is 3.76. The monoisotopic (exact) mass is 228 g/mol. The molecule has 1 aliphatic carbocycles. The molecule has 90 valence electrons. The molecule has 5 heteroatoms. The molecular formula is C11H16O5. The molecule has 0 spiro atoms. The normalized spacial score (nSPS) is 25.7. The molecule has 0 heterocycles. The van der Waals surface area contributed by atoms with Crippen molar-refractivity contribution in [3.05, 3.63) is 0 Å². The Bertz CT molecular complexity index is 291. The highest BCUT2D eigenvalue weighted by Gasteiger charge is 2.74. The van der Waals surface area contributed by atoms with Gasteiger partial charge in [0.25, 0.3) is 0 Å². The summed E-state index contributed by atoms with van der Waals surface area (Å²) in [5.74, 6) is -2.27. The molecule has 0 N–H and O–H groups in total. The Kier molecular flexibility index (Phi) is 3.67. The van der Waals surface area contributed by atoms with Crippen molar-refractivity contribution in [1.29, 1.82) is 0 Å². The summed E-state index contributed by atoms with van der Waals surface area (Å²) in [5, 5.41) is 0. The van der Waals surface area contributed by atoms with Crippen molar-refractivity contribution in [1.82, 2.24) is 0 Å². The maximum atomic E-state index is 11.7. The lowest BCUT2D eigenvalue weighted by Crippen LogP contribution is -2.33. The molecule has 0 aromatic rings. The Morgan fingerprint density at radius 1 is 1.19 bits per heavy atom. The first-order chi connectivity index (χ1) is 7.57. The summed E-state index contributed by atoms with van der Waals surface area (Å²) < 4.78 is 9.68. The zero-order chi connectivity index (χ0) is 12.3. The Balaban J connectivity index is 2.92. The van der Waals surface area contributed by atoms with Crippen molar-refractivity contribution in [3.8, 4) is 0 Å². The minimum atomic E-state index is -1.40. The van der Waals surface area contributed by atoms with E-state index in [0.717, 1.165) is 0 Å². The third-order valence-corrected chi connectivity index (χ3v) is 3.05. The minimum absolute atomic E-state index is 0.179. The van der Waals surface area contributed by atoms with Crippen LogP contribution in [0.15, 0.2) is 0 Å². The predicted octanol–water partition coefficient (Wildman–Crippen LogP) is 0.564. The summed E-state index contributed by atoms with van der Waals surface area (Å²) in [7, 11) is 0. The van der Waals surface area contributed by atoms with Gasteiger partial charge in [0.2, 0.25) is 0 Å². The van der Waals surface area contributed by atoms with Crippen LogP contribution in [-0.2, 0) is 23.9 Å². The maximum absolute atomic E-state index is 11.7. The summed E-state index contributed by atoms with van der Waals surface area (Å²) in [5.41, 5.74) is -1.40. The predicted molar refractivity (Wildman–Crippen MR) is 54.4 cm³/mol. The van der Waals surface area contributed by atoms with E-state index in [0.29, 0.717) is 6.29 Å². The molecule has 0 bridgehead atoms. The van der Waals surface area contributed by atoms with Gasteiger partial charge < -0.3 is 14.3 Å². The molecule has 16 heavy (non-hydrogen) atoms. The van der Waals surface area contributed by atoms with Crippen LogP contribution in [0.4, 0.5) is 0 Å². The molecule has 0 saturated heterocycles. The molecular weight excluding hydrogens is 212 g/mol. The topological polar surface area (TPSA) is 69.7 Å². The molecule has 1 rings (SSSR count). The molecule has 1 aliphatic rings. The highest BCUT2D eigenvalue weighted by Crippen LogP contribution is 2.59. The molecule has 0 radical (unpaired) electrons. The van der Waals surface area contributed by atoms with Crippen LogP contribution in [0.5, 0.6) is 0 Å². The third kappa shape index (κ3) is 1.60. The fourth-order valence-corrected chi connectivity index (χ4v) is 2.05. The van der Waals surface area contributed by atoms with Crippen LogP contribution in [0.3, 0.4) is 0 Å². The Morgan fingerprint density at radius 3 is 1.88 bits per heavy atom. The first-order valence-corrected chi connectivity index (χ1v) is 5.37. The van der Waals surface area contributed by atoms with E-state index in [1.165, 1.54) is 0 Å². The minimum Gasteiger partial charge on any atom is -0.465 e. The zero-order valence-electron chi connectivity index (χ0n) is 9.69. The van der Waals surface area contributed by atoms with Crippen LogP contribution in [0.1, 0.15) is 20.8 Å². The van der Waals surface area contributed by atoms with Crippen LogP contribution < -0.4 is 0 Å². The smallest absolute Gasteiger partial charge is 0.324 e.